The lowest BCUT2D eigenvalue weighted by atomic mass is 10.1. The third-order valence-electron chi connectivity index (χ3n) is 4.23. The molecular weight excluding hydrogens is 262 g/mol. The summed E-state index contributed by atoms with van der Waals surface area (Å²) < 4.78 is 0. The van der Waals surface area contributed by atoms with Crippen LogP contribution in [-0.2, 0) is 11.3 Å². The summed E-state index contributed by atoms with van der Waals surface area (Å²) in [5.74, 6) is 0.179. The molecule has 1 heterocycles. The third kappa shape index (κ3) is 4.21. The number of carbonyl (C=O) groups excluding carboxylic acids is 1. The second kappa shape index (κ2) is 6.94. The van der Waals surface area contributed by atoms with Gasteiger partial charge in [0.15, 0.2) is 0 Å². The smallest absolute Gasteiger partial charge is 0.221 e. The summed E-state index contributed by atoms with van der Waals surface area (Å²) in [6, 6.07) is 9.07. The summed E-state index contributed by atoms with van der Waals surface area (Å²) in [6.07, 6.45) is 5.47. The number of nitrogens with zero attached hydrogens (tertiary/aromatic N) is 1. The van der Waals surface area contributed by atoms with Crippen molar-refractivity contribution in [1.29, 1.82) is 0 Å². The fourth-order valence-electron chi connectivity index (χ4n) is 2.88. The Balaban J connectivity index is 1.45. The van der Waals surface area contributed by atoms with Gasteiger partial charge in [0.2, 0.25) is 5.91 Å². The van der Waals surface area contributed by atoms with E-state index in [2.05, 4.69) is 39.8 Å². The second-order valence-corrected chi connectivity index (χ2v) is 6.09. The first-order valence-electron chi connectivity index (χ1n) is 8.16. The maximum Gasteiger partial charge on any atom is 0.221 e. The van der Waals surface area contributed by atoms with E-state index in [1.807, 2.05) is 0 Å². The molecule has 0 atom stereocenters. The van der Waals surface area contributed by atoms with Gasteiger partial charge in [0.05, 0.1) is 0 Å². The molecule has 1 saturated heterocycles. The quantitative estimate of drug-likeness (QED) is 0.754. The Labute approximate surface area is 126 Å². The van der Waals surface area contributed by atoms with Crippen LogP contribution >= 0.6 is 0 Å². The lowest BCUT2D eigenvalue weighted by Gasteiger charge is -2.21. The molecule has 21 heavy (non-hydrogen) atoms. The number of nitrogens with one attached hydrogen (secondary N) is 2. The van der Waals surface area contributed by atoms with Crippen molar-refractivity contribution in [2.75, 3.05) is 24.5 Å². The molecule has 3 rings (SSSR count). The molecule has 4 nitrogen and oxygen atoms in total. The van der Waals surface area contributed by atoms with Crippen LogP contribution in [0.25, 0.3) is 0 Å². The molecule has 2 fully saturated rings. The van der Waals surface area contributed by atoms with Crippen LogP contribution in [0.3, 0.4) is 0 Å². The first kappa shape index (κ1) is 14.4. The van der Waals surface area contributed by atoms with Crippen LogP contribution in [0.4, 0.5) is 5.69 Å². The van der Waals surface area contributed by atoms with Crippen LogP contribution in [-0.4, -0.2) is 31.6 Å². The molecule has 1 aliphatic heterocycles. The van der Waals surface area contributed by atoms with Gasteiger partial charge in [-0.2, -0.15) is 0 Å². The summed E-state index contributed by atoms with van der Waals surface area (Å²) in [4.78, 5) is 14.1. The van der Waals surface area contributed by atoms with Crippen molar-refractivity contribution in [3.05, 3.63) is 29.8 Å². The van der Waals surface area contributed by atoms with E-state index >= 15 is 0 Å². The monoisotopic (exact) mass is 287 g/mol. The van der Waals surface area contributed by atoms with E-state index < -0.39 is 0 Å². The minimum absolute atomic E-state index is 0.179. The van der Waals surface area contributed by atoms with Crippen molar-refractivity contribution in [3.8, 4) is 0 Å². The number of para-hydroxylation sites is 1. The van der Waals surface area contributed by atoms with Crippen molar-refractivity contribution >= 4 is 11.6 Å². The highest BCUT2D eigenvalue weighted by atomic mass is 16.1. The van der Waals surface area contributed by atoms with Gasteiger partial charge in [0.1, 0.15) is 0 Å². The van der Waals surface area contributed by atoms with Crippen LogP contribution in [0.1, 0.15) is 37.7 Å². The van der Waals surface area contributed by atoms with Gasteiger partial charge >= 0.3 is 0 Å². The summed E-state index contributed by atoms with van der Waals surface area (Å²) in [7, 11) is 0. The largest absolute Gasteiger partial charge is 0.371 e. The summed E-state index contributed by atoms with van der Waals surface area (Å²) in [5, 5.41) is 6.42. The highest BCUT2D eigenvalue weighted by Gasteiger charge is 2.22. The number of hydrogen-bond donors (Lipinski definition) is 2. The minimum Gasteiger partial charge on any atom is -0.371 e. The first-order chi connectivity index (χ1) is 10.3. The second-order valence-electron chi connectivity index (χ2n) is 6.09. The number of carbonyl (C=O) groups is 1. The van der Waals surface area contributed by atoms with Crippen molar-refractivity contribution in [2.45, 2.75) is 44.7 Å². The molecule has 0 radical (unpaired) electrons. The summed E-state index contributed by atoms with van der Waals surface area (Å²) in [5.41, 5.74) is 2.69. The van der Waals surface area contributed by atoms with Gasteiger partial charge in [-0.05, 0) is 37.3 Å². The Morgan fingerprint density at radius 2 is 1.95 bits per heavy atom. The Hall–Kier alpha value is -1.55. The van der Waals surface area contributed by atoms with Gasteiger partial charge in [-0.1, -0.05) is 18.2 Å². The van der Waals surface area contributed by atoms with Gasteiger partial charge in [0, 0.05) is 44.3 Å². The molecule has 2 aliphatic rings. The predicted octanol–water partition coefficient (Wildman–Crippen LogP) is 2.05. The molecule has 2 N–H and O–H groups in total. The molecule has 4 heteroatoms. The molecule has 0 unspecified atom stereocenters. The SMILES string of the molecule is O=C(CCNCc1ccccc1N1CCCC1)NC1CC1. The Kier molecular flexibility index (Phi) is 4.76. The molecule has 1 aliphatic carbocycles. The molecule has 0 spiro atoms. The number of rotatable bonds is 7. The number of benzene rings is 1. The van der Waals surface area contributed by atoms with Crippen LogP contribution < -0.4 is 15.5 Å². The first-order valence-corrected chi connectivity index (χ1v) is 8.16. The molecule has 1 aromatic rings. The van der Waals surface area contributed by atoms with E-state index in [1.54, 1.807) is 0 Å². The van der Waals surface area contributed by atoms with E-state index in [0.717, 1.165) is 25.9 Å². The number of anilines is 1. The molecule has 1 amide bonds. The summed E-state index contributed by atoms with van der Waals surface area (Å²) >= 11 is 0. The molecule has 0 aromatic heterocycles. The molecular formula is C17H25N3O. The summed E-state index contributed by atoms with van der Waals surface area (Å²) in [6.45, 7) is 3.91. The molecule has 0 bridgehead atoms. The van der Waals surface area contributed by atoms with E-state index in [1.165, 1.54) is 37.2 Å². The number of amides is 1. The lowest BCUT2D eigenvalue weighted by molar-refractivity contribution is -0.121. The topological polar surface area (TPSA) is 44.4 Å². The zero-order valence-electron chi connectivity index (χ0n) is 12.6. The minimum atomic E-state index is 0.179. The Morgan fingerprint density at radius 1 is 1.19 bits per heavy atom. The van der Waals surface area contributed by atoms with Crippen molar-refractivity contribution < 1.29 is 4.79 Å². The van der Waals surface area contributed by atoms with E-state index in [0.29, 0.717) is 12.5 Å². The zero-order chi connectivity index (χ0) is 14.5. The van der Waals surface area contributed by atoms with Crippen molar-refractivity contribution in [1.82, 2.24) is 10.6 Å². The van der Waals surface area contributed by atoms with Crippen LogP contribution in [0, 0.1) is 0 Å². The van der Waals surface area contributed by atoms with Crippen LogP contribution in [0.5, 0.6) is 0 Å². The third-order valence-corrected chi connectivity index (χ3v) is 4.23. The van der Waals surface area contributed by atoms with E-state index in [-0.39, 0.29) is 5.91 Å². The normalized spacial score (nSPS) is 18.0. The van der Waals surface area contributed by atoms with Crippen LogP contribution in [0.15, 0.2) is 24.3 Å². The van der Waals surface area contributed by atoms with E-state index in [4.69, 9.17) is 0 Å². The zero-order valence-corrected chi connectivity index (χ0v) is 12.6. The average Bonchev–Trinajstić information content (AvgIpc) is 3.14. The average molecular weight is 287 g/mol. The Bertz CT molecular complexity index is 479. The molecule has 1 aromatic carbocycles. The van der Waals surface area contributed by atoms with Crippen molar-refractivity contribution in [2.24, 2.45) is 0 Å². The molecule has 1 saturated carbocycles. The molecule has 114 valence electrons. The van der Waals surface area contributed by atoms with Gasteiger partial charge in [-0.3, -0.25) is 4.79 Å². The fraction of sp³-hybridized carbons (Fsp3) is 0.588. The van der Waals surface area contributed by atoms with Gasteiger partial charge in [-0.15, -0.1) is 0 Å². The maximum absolute atomic E-state index is 11.6. The van der Waals surface area contributed by atoms with Gasteiger partial charge in [0.25, 0.3) is 0 Å². The fourth-order valence-corrected chi connectivity index (χ4v) is 2.88. The van der Waals surface area contributed by atoms with Gasteiger partial charge < -0.3 is 15.5 Å². The highest BCUT2D eigenvalue weighted by molar-refractivity contribution is 5.76. The van der Waals surface area contributed by atoms with Gasteiger partial charge in [-0.25, -0.2) is 0 Å². The maximum atomic E-state index is 11.6. The van der Waals surface area contributed by atoms with Crippen molar-refractivity contribution in [3.63, 3.8) is 0 Å². The Morgan fingerprint density at radius 3 is 2.71 bits per heavy atom. The predicted molar refractivity (Wildman–Crippen MR) is 85.4 cm³/mol. The lowest BCUT2D eigenvalue weighted by Crippen LogP contribution is -2.29. The number of hydrogen-bond acceptors (Lipinski definition) is 3. The van der Waals surface area contributed by atoms with E-state index in [9.17, 15) is 4.79 Å². The standard InChI is InChI=1S/C17H25N3O/c21-17(19-15-7-8-15)9-10-18-13-14-5-1-2-6-16(14)20-11-3-4-12-20/h1-2,5-6,15,18H,3-4,7-13H2,(H,19,21). The van der Waals surface area contributed by atoms with Crippen LogP contribution in [0.2, 0.25) is 0 Å². The highest BCUT2D eigenvalue weighted by Crippen LogP contribution is 2.24.